The minimum Gasteiger partial charge on any atom is -0.427 e. The Hall–Kier alpha value is -0.250. The van der Waals surface area contributed by atoms with Gasteiger partial charge in [-0.2, -0.15) is 0 Å². The lowest BCUT2D eigenvalue weighted by atomic mass is 9.91. The lowest BCUT2D eigenvalue weighted by Gasteiger charge is -2.16. The zero-order valence-corrected chi connectivity index (χ0v) is 11.1. The van der Waals surface area contributed by atoms with E-state index >= 15 is 0 Å². The molecular weight excluding hydrogens is 287 g/mol. The van der Waals surface area contributed by atoms with E-state index < -0.39 is 0 Å². The van der Waals surface area contributed by atoms with E-state index in [0.29, 0.717) is 5.92 Å². The Balaban J connectivity index is 2.82. The summed E-state index contributed by atoms with van der Waals surface area (Å²) in [6.07, 6.45) is 1.21. The van der Waals surface area contributed by atoms with Crippen LogP contribution in [0.15, 0.2) is 24.3 Å². The van der Waals surface area contributed by atoms with Gasteiger partial charge >= 0.3 is 0 Å². The van der Waals surface area contributed by atoms with E-state index in [0.717, 1.165) is 11.7 Å². The van der Waals surface area contributed by atoms with Crippen LogP contribution >= 0.6 is 23.0 Å². The maximum Gasteiger partial charge on any atom is 0.192 e. The van der Waals surface area contributed by atoms with E-state index in [2.05, 4.69) is 32.9 Å². The molecule has 1 aromatic rings. The van der Waals surface area contributed by atoms with E-state index in [1.165, 1.54) is 12.0 Å². The second-order valence-corrected chi connectivity index (χ2v) is 4.59. The molecule has 0 saturated carbocycles. The number of halogens is 1. The van der Waals surface area contributed by atoms with Gasteiger partial charge in [0, 0.05) is 0 Å². The van der Waals surface area contributed by atoms with Gasteiger partial charge in [-0.15, -0.1) is 0 Å². The summed E-state index contributed by atoms with van der Waals surface area (Å²) in [7, 11) is 0. The molecule has 0 amide bonds. The van der Waals surface area contributed by atoms with Gasteiger partial charge in [-0.05, 0) is 29.9 Å². The van der Waals surface area contributed by atoms with Gasteiger partial charge in [-0.1, -0.05) is 39.0 Å². The van der Waals surface area contributed by atoms with Gasteiger partial charge in [-0.25, -0.2) is 0 Å². The van der Waals surface area contributed by atoms with Crippen LogP contribution in [-0.2, 0) is 0 Å². The summed E-state index contributed by atoms with van der Waals surface area (Å²) in [5.41, 5.74) is 1.32. The lowest BCUT2D eigenvalue weighted by molar-refractivity contribution is 0.516. The highest BCUT2D eigenvalue weighted by atomic mass is 127. The van der Waals surface area contributed by atoms with Gasteiger partial charge in [0.2, 0.25) is 0 Å². The summed E-state index contributed by atoms with van der Waals surface area (Å²) in [6.45, 7) is 6.77. The van der Waals surface area contributed by atoms with E-state index in [1.54, 1.807) is 0 Å². The predicted molar refractivity (Wildman–Crippen MR) is 69.0 cm³/mol. The Morgan fingerprint density at radius 2 is 1.86 bits per heavy atom. The van der Waals surface area contributed by atoms with Crippen molar-refractivity contribution >= 4 is 23.0 Å². The summed E-state index contributed by atoms with van der Waals surface area (Å²) in [5.74, 6) is 2.30. The molecule has 1 nitrogen and oxygen atoms in total. The SMILES string of the molecule is CC(C)CC(C)c1ccccc1OI. The Morgan fingerprint density at radius 1 is 1.21 bits per heavy atom. The third-order valence-electron chi connectivity index (χ3n) is 2.36. The van der Waals surface area contributed by atoms with Crippen molar-refractivity contribution in [2.45, 2.75) is 33.1 Å². The first-order chi connectivity index (χ1) is 6.65. The highest BCUT2D eigenvalue weighted by Crippen LogP contribution is 2.31. The minimum absolute atomic E-state index is 0.570. The van der Waals surface area contributed by atoms with Crippen LogP contribution in [0.1, 0.15) is 38.7 Å². The van der Waals surface area contributed by atoms with Crippen molar-refractivity contribution in [3.63, 3.8) is 0 Å². The molecule has 0 aliphatic heterocycles. The van der Waals surface area contributed by atoms with E-state index in [1.807, 2.05) is 35.1 Å². The molecule has 14 heavy (non-hydrogen) atoms. The number of rotatable bonds is 4. The van der Waals surface area contributed by atoms with Crippen LogP contribution in [0.2, 0.25) is 0 Å². The van der Waals surface area contributed by atoms with E-state index in [-0.39, 0.29) is 0 Å². The molecule has 0 heterocycles. The standard InChI is InChI=1S/C12H17IO/c1-9(2)8-10(3)11-6-4-5-7-12(11)14-13/h4-7,9-10H,8H2,1-3H3. The summed E-state index contributed by atoms with van der Waals surface area (Å²) >= 11 is 1.95. The van der Waals surface area contributed by atoms with Gasteiger partial charge in [-0.3, -0.25) is 0 Å². The largest absolute Gasteiger partial charge is 0.427 e. The van der Waals surface area contributed by atoms with Crippen molar-refractivity contribution in [2.75, 3.05) is 0 Å². The highest BCUT2D eigenvalue weighted by Gasteiger charge is 2.12. The van der Waals surface area contributed by atoms with Crippen molar-refractivity contribution < 1.29 is 3.07 Å². The second-order valence-electron chi connectivity index (χ2n) is 4.15. The van der Waals surface area contributed by atoms with Crippen molar-refractivity contribution in [1.82, 2.24) is 0 Å². The van der Waals surface area contributed by atoms with Crippen molar-refractivity contribution in [3.8, 4) is 5.75 Å². The first kappa shape index (κ1) is 11.8. The zero-order chi connectivity index (χ0) is 10.6. The fourth-order valence-corrected chi connectivity index (χ4v) is 2.19. The molecule has 1 atom stereocenters. The van der Waals surface area contributed by atoms with Crippen LogP contribution in [0.3, 0.4) is 0 Å². The van der Waals surface area contributed by atoms with Gasteiger partial charge in [0.15, 0.2) is 23.0 Å². The number of benzene rings is 1. The maximum atomic E-state index is 5.32. The van der Waals surface area contributed by atoms with E-state index in [9.17, 15) is 0 Å². The lowest BCUT2D eigenvalue weighted by Crippen LogP contribution is -1.99. The monoisotopic (exact) mass is 304 g/mol. The Morgan fingerprint density at radius 3 is 2.43 bits per heavy atom. The fraction of sp³-hybridized carbons (Fsp3) is 0.500. The van der Waals surface area contributed by atoms with Gasteiger partial charge in [0.1, 0.15) is 5.75 Å². The number of hydrogen-bond acceptors (Lipinski definition) is 1. The topological polar surface area (TPSA) is 9.23 Å². The van der Waals surface area contributed by atoms with Crippen LogP contribution < -0.4 is 3.07 Å². The van der Waals surface area contributed by atoms with E-state index in [4.69, 9.17) is 3.07 Å². The van der Waals surface area contributed by atoms with Crippen LogP contribution in [0.5, 0.6) is 5.75 Å². The molecule has 0 spiro atoms. The zero-order valence-electron chi connectivity index (χ0n) is 8.96. The normalized spacial score (nSPS) is 12.9. The molecule has 1 unspecified atom stereocenters. The fourth-order valence-electron chi connectivity index (χ4n) is 1.79. The molecule has 0 aromatic heterocycles. The maximum absolute atomic E-state index is 5.32. The smallest absolute Gasteiger partial charge is 0.192 e. The van der Waals surface area contributed by atoms with Gasteiger partial charge in [0.05, 0.1) is 0 Å². The molecule has 1 aromatic carbocycles. The van der Waals surface area contributed by atoms with Crippen molar-refractivity contribution in [3.05, 3.63) is 29.8 Å². The molecule has 0 radical (unpaired) electrons. The summed E-state index contributed by atoms with van der Waals surface area (Å²) in [5, 5.41) is 0. The highest BCUT2D eigenvalue weighted by molar-refractivity contribution is 14.1. The van der Waals surface area contributed by atoms with Crippen molar-refractivity contribution in [1.29, 1.82) is 0 Å². The third-order valence-corrected chi connectivity index (χ3v) is 2.83. The summed E-state index contributed by atoms with van der Waals surface area (Å²) in [4.78, 5) is 0. The molecule has 0 N–H and O–H groups in total. The molecule has 2 heteroatoms. The average molecular weight is 304 g/mol. The molecule has 0 aliphatic carbocycles. The summed E-state index contributed by atoms with van der Waals surface area (Å²) < 4.78 is 5.32. The molecule has 1 rings (SSSR count). The quantitative estimate of drug-likeness (QED) is 0.741. The van der Waals surface area contributed by atoms with Gasteiger partial charge in [0.25, 0.3) is 0 Å². The van der Waals surface area contributed by atoms with Crippen LogP contribution in [0.4, 0.5) is 0 Å². The Labute approximate surface area is 101 Å². The molecule has 0 fully saturated rings. The predicted octanol–water partition coefficient (Wildman–Crippen LogP) is 4.57. The molecule has 0 aliphatic rings. The molecular formula is C12H17IO. The second kappa shape index (κ2) is 5.59. The first-order valence-electron chi connectivity index (χ1n) is 5.02. The Bertz CT molecular complexity index is 283. The van der Waals surface area contributed by atoms with Crippen LogP contribution in [0.25, 0.3) is 0 Å². The first-order valence-corrected chi connectivity index (χ1v) is 5.90. The number of para-hydroxylation sites is 1. The Kier molecular flexibility index (Phi) is 4.72. The van der Waals surface area contributed by atoms with Crippen LogP contribution in [-0.4, -0.2) is 0 Å². The molecule has 78 valence electrons. The third kappa shape index (κ3) is 3.15. The number of hydrogen-bond donors (Lipinski definition) is 0. The molecule has 0 bridgehead atoms. The van der Waals surface area contributed by atoms with Crippen molar-refractivity contribution in [2.24, 2.45) is 5.92 Å². The average Bonchev–Trinajstić information content (AvgIpc) is 2.16. The molecule has 0 saturated heterocycles. The van der Waals surface area contributed by atoms with Crippen LogP contribution in [0, 0.1) is 5.92 Å². The van der Waals surface area contributed by atoms with Gasteiger partial charge < -0.3 is 3.07 Å². The minimum atomic E-state index is 0.570. The summed E-state index contributed by atoms with van der Waals surface area (Å²) in [6, 6.07) is 8.27.